The van der Waals surface area contributed by atoms with E-state index in [1.807, 2.05) is 26.2 Å². The molecule has 1 fully saturated rings. The number of hydrogen-bond acceptors (Lipinski definition) is 5. The van der Waals surface area contributed by atoms with Crippen molar-refractivity contribution in [2.45, 2.75) is 19.4 Å². The van der Waals surface area contributed by atoms with E-state index in [9.17, 15) is 0 Å². The van der Waals surface area contributed by atoms with Crippen LogP contribution < -0.4 is 15.1 Å². The zero-order valence-electron chi connectivity index (χ0n) is 17.1. The average Bonchev–Trinajstić information content (AvgIpc) is 2.73. The summed E-state index contributed by atoms with van der Waals surface area (Å²) < 4.78 is 1.14. The zero-order valence-corrected chi connectivity index (χ0v) is 18.7. The molecule has 1 N–H and O–H groups in total. The zero-order chi connectivity index (χ0) is 20.2. The van der Waals surface area contributed by atoms with Gasteiger partial charge in [-0.05, 0) is 55.1 Å². The summed E-state index contributed by atoms with van der Waals surface area (Å²) in [5, 5.41) is 4.73. The van der Waals surface area contributed by atoms with Crippen LogP contribution in [0.15, 0.2) is 53.0 Å². The third-order valence-corrected chi connectivity index (χ3v) is 6.04. The van der Waals surface area contributed by atoms with Crippen molar-refractivity contribution in [2.75, 3.05) is 43.5 Å². The fraction of sp³-hybridized carbons (Fsp3) is 0.391. The van der Waals surface area contributed by atoms with E-state index in [4.69, 9.17) is 9.97 Å². The average molecular weight is 454 g/mol. The highest BCUT2D eigenvalue weighted by Crippen LogP contribution is 2.27. The van der Waals surface area contributed by atoms with E-state index in [2.05, 4.69) is 67.4 Å². The van der Waals surface area contributed by atoms with Crippen LogP contribution in [0.5, 0.6) is 0 Å². The highest BCUT2D eigenvalue weighted by molar-refractivity contribution is 9.10. The Morgan fingerprint density at radius 2 is 1.86 bits per heavy atom. The lowest BCUT2D eigenvalue weighted by molar-refractivity contribution is 0.380. The normalized spacial score (nSPS) is 15.1. The molecule has 0 radical (unpaired) electrons. The second-order valence-electron chi connectivity index (χ2n) is 7.95. The predicted octanol–water partition coefficient (Wildman–Crippen LogP) is 4.46. The quantitative estimate of drug-likeness (QED) is 0.596. The fourth-order valence-corrected chi connectivity index (χ4v) is 4.38. The number of halogens is 1. The smallest absolute Gasteiger partial charge is 0.227 e. The van der Waals surface area contributed by atoms with Crippen molar-refractivity contribution in [3.63, 3.8) is 0 Å². The summed E-state index contributed by atoms with van der Waals surface area (Å²) in [5.41, 5.74) is 2.33. The summed E-state index contributed by atoms with van der Waals surface area (Å²) in [6, 6.07) is 16.8. The Balaban J connectivity index is 1.36. The number of piperidine rings is 1. The first-order valence-corrected chi connectivity index (χ1v) is 11.0. The van der Waals surface area contributed by atoms with Gasteiger partial charge in [0.05, 0.1) is 5.52 Å². The van der Waals surface area contributed by atoms with E-state index in [1.165, 1.54) is 18.4 Å². The molecule has 4 rings (SSSR count). The fourth-order valence-electron chi connectivity index (χ4n) is 3.93. The minimum Gasteiger partial charge on any atom is -0.362 e. The first-order chi connectivity index (χ1) is 14.1. The maximum absolute atomic E-state index is 4.88. The van der Waals surface area contributed by atoms with Gasteiger partial charge >= 0.3 is 0 Å². The number of para-hydroxylation sites is 1. The van der Waals surface area contributed by atoms with Crippen LogP contribution in [0, 0.1) is 5.92 Å². The molecule has 2 aromatic carbocycles. The van der Waals surface area contributed by atoms with Gasteiger partial charge in [0, 0.05) is 43.6 Å². The van der Waals surface area contributed by atoms with Gasteiger partial charge in [0.15, 0.2) is 0 Å². The second-order valence-corrected chi connectivity index (χ2v) is 8.87. The Hall–Kier alpha value is -2.18. The van der Waals surface area contributed by atoms with Crippen LogP contribution in [0.4, 0.5) is 11.8 Å². The summed E-state index contributed by atoms with van der Waals surface area (Å²) in [4.78, 5) is 14.1. The molecule has 0 spiro atoms. The number of nitrogens with zero attached hydrogens (tertiary/aromatic N) is 4. The maximum Gasteiger partial charge on any atom is 0.227 e. The third-order valence-electron chi connectivity index (χ3n) is 5.54. The minimum absolute atomic E-state index is 0.701. The molecule has 5 nitrogen and oxygen atoms in total. The number of fused-ring (bicyclic) bond motifs is 1. The van der Waals surface area contributed by atoms with E-state index in [0.717, 1.165) is 53.3 Å². The summed E-state index contributed by atoms with van der Waals surface area (Å²) in [7, 11) is 4.09. The molecule has 0 unspecified atom stereocenters. The number of anilines is 2. The number of nitrogens with one attached hydrogen (secondary N) is 1. The Kier molecular flexibility index (Phi) is 6.31. The van der Waals surface area contributed by atoms with E-state index in [-0.39, 0.29) is 0 Å². The van der Waals surface area contributed by atoms with E-state index in [0.29, 0.717) is 5.92 Å². The van der Waals surface area contributed by atoms with Gasteiger partial charge in [0.2, 0.25) is 5.95 Å². The van der Waals surface area contributed by atoms with Crippen LogP contribution in [0.1, 0.15) is 18.4 Å². The van der Waals surface area contributed by atoms with Gasteiger partial charge < -0.3 is 15.1 Å². The largest absolute Gasteiger partial charge is 0.362 e. The lowest BCUT2D eigenvalue weighted by Gasteiger charge is -2.32. The Bertz CT molecular complexity index is 966. The number of rotatable bonds is 6. The Morgan fingerprint density at radius 3 is 2.62 bits per heavy atom. The standard InChI is InChI=1S/C23H28BrN5/c1-28(2)22-20-8-3-4-9-21(20)26-23(27-22)29-12-10-17(11-13-29)15-25-16-18-6-5-7-19(24)14-18/h3-9,14,17,25H,10-13,15-16H2,1-2H3. The molecule has 2 heterocycles. The molecule has 1 aliphatic rings. The molecule has 0 atom stereocenters. The lowest BCUT2D eigenvalue weighted by atomic mass is 9.97. The Labute approximate surface area is 181 Å². The maximum atomic E-state index is 4.88. The molecule has 3 aromatic rings. The molecule has 1 saturated heterocycles. The van der Waals surface area contributed by atoms with Crippen molar-refractivity contribution < 1.29 is 0 Å². The van der Waals surface area contributed by atoms with Gasteiger partial charge in [-0.1, -0.05) is 40.2 Å². The van der Waals surface area contributed by atoms with Crippen LogP contribution in [0.3, 0.4) is 0 Å². The van der Waals surface area contributed by atoms with E-state index < -0.39 is 0 Å². The molecule has 1 aromatic heterocycles. The van der Waals surface area contributed by atoms with Crippen molar-refractivity contribution in [3.05, 3.63) is 58.6 Å². The van der Waals surface area contributed by atoms with Gasteiger partial charge in [-0.3, -0.25) is 0 Å². The molecule has 0 amide bonds. The monoisotopic (exact) mass is 453 g/mol. The summed E-state index contributed by atoms with van der Waals surface area (Å²) in [6.45, 7) is 3.99. The lowest BCUT2D eigenvalue weighted by Crippen LogP contribution is -2.38. The first kappa shape index (κ1) is 20.1. The van der Waals surface area contributed by atoms with Gasteiger partial charge in [-0.25, -0.2) is 4.98 Å². The molecule has 0 aliphatic carbocycles. The molecule has 29 heavy (non-hydrogen) atoms. The van der Waals surface area contributed by atoms with Crippen molar-refractivity contribution >= 4 is 38.6 Å². The summed E-state index contributed by atoms with van der Waals surface area (Å²) in [6.07, 6.45) is 2.33. The van der Waals surface area contributed by atoms with Crippen LogP contribution in [-0.2, 0) is 6.54 Å². The van der Waals surface area contributed by atoms with Crippen LogP contribution in [-0.4, -0.2) is 43.7 Å². The molecule has 6 heteroatoms. The van der Waals surface area contributed by atoms with Crippen molar-refractivity contribution in [1.82, 2.24) is 15.3 Å². The molecular formula is C23H28BrN5. The van der Waals surface area contributed by atoms with Crippen molar-refractivity contribution in [2.24, 2.45) is 5.92 Å². The van der Waals surface area contributed by atoms with Crippen molar-refractivity contribution in [3.8, 4) is 0 Å². The third kappa shape index (κ3) is 4.87. The van der Waals surface area contributed by atoms with Crippen LogP contribution in [0.25, 0.3) is 10.9 Å². The second kappa shape index (κ2) is 9.09. The number of hydrogen-bond donors (Lipinski definition) is 1. The molecule has 152 valence electrons. The highest BCUT2D eigenvalue weighted by Gasteiger charge is 2.22. The highest BCUT2D eigenvalue weighted by atomic mass is 79.9. The van der Waals surface area contributed by atoms with Crippen LogP contribution >= 0.6 is 15.9 Å². The SMILES string of the molecule is CN(C)c1nc(N2CCC(CNCc3cccc(Br)c3)CC2)nc2ccccc12. The summed E-state index contributed by atoms with van der Waals surface area (Å²) in [5.74, 6) is 2.54. The number of aromatic nitrogens is 2. The predicted molar refractivity (Wildman–Crippen MR) is 125 cm³/mol. The number of benzene rings is 2. The van der Waals surface area contributed by atoms with Gasteiger partial charge in [-0.2, -0.15) is 4.98 Å². The molecule has 0 bridgehead atoms. The van der Waals surface area contributed by atoms with Gasteiger partial charge in [-0.15, -0.1) is 0 Å². The van der Waals surface area contributed by atoms with Gasteiger partial charge in [0.1, 0.15) is 5.82 Å². The van der Waals surface area contributed by atoms with Crippen molar-refractivity contribution in [1.29, 1.82) is 0 Å². The Morgan fingerprint density at radius 1 is 1.07 bits per heavy atom. The van der Waals surface area contributed by atoms with Crippen LogP contribution in [0.2, 0.25) is 0 Å². The van der Waals surface area contributed by atoms with E-state index >= 15 is 0 Å². The van der Waals surface area contributed by atoms with Gasteiger partial charge in [0.25, 0.3) is 0 Å². The topological polar surface area (TPSA) is 44.3 Å². The minimum atomic E-state index is 0.701. The first-order valence-electron chi connectivity index (χ1n) is 10.2. The molecular weight excluding hydrogens is 426 g/mol. The molecule has 0 saturated carbocycles. The summed E-state index contributed by atoms with van der Waals surface area (Å²) >= 11 is 3.54. The molecule has 1 aliphatic heterocycles. The van der Waals surface area contributed by atoms with E-state index in [1.54, 1.807) is 0 Å².